The van der Waals surface area contributed by atoms with Gasteiger partial charge in [0.1, 0.15) is 5.60 Å². The number of hydrogen-bond donors (Lipinski definition) is 0. The lowest BCUT2D eigenvalue weighted by atomic mass is 10.1. The SMILES string of the molecule is Cc1cc(C)cc(CSCCC(=O)OC(C)(C)C)c1. The molecule has 19 heavy (non-hydrogen) atoms. The van der Waals surface area contributed by atoms with Gasteiger partial charge in [-0.3, -0.25) is 4.79 Å². The first-order valence-corrected chi connectivity index (χ1v) is 7.78. The first-order chi connectivity index (χ1) is 8.76. The van der Waals surface area contributed by atoms with E-state index in [-0.39, 0.29) is 11.6 Å². The summed E-state index contributed by atoms with van der Waals surface area (Å²) in [6.07, 6.45) is 0.479. The van der Waals surface area contributed by atoms with E-state index in [0.717, 1.165) is 11.5 Å². The molecule has 106 valence electrons. The van der Waals surface area contributed by atoms with E-state index < -0.39 is 0 Å². The number of carbonyl (C=O) groups excluding carboxylic acids is 1. The molecule has 0 spiro atoms. The third kappa shape index (κ3) is 7.26. The molecule has 0 aromatic heterocycles. The molecule has 0 aliphatic rings. The molecule has 0 radical (unpaired) electrons. The number of carbonyl (C=O) groups is 1. The highest BCUT2D eigenvalue weighted by atomic mass is 32.2. The summed E-state index contributed by atoms with van der Waals surface area (Å²) < 4.78 is 5.28. The van der Waals surface area contributed by atoms with Crippen molar-refractivity contribution in [1.29, 1.82) is 0 Å². The second kappa shape index (κ2) is 6.99. The van der Waals surface area contributed by atoms with Gasteiger partial charge in [0, 0.05) is 11.5 Å². The van der Waals surface area contributed by atoms with E-state index in [0.29, 0.717) is 6.42 Å². The van der Waals surface area contributed by atoms with Gasteiger partial charge in [0.25, 0.3) is 0 Å². The summed E-state index contributed by atoms with van der Waals surface area (Å²) >= 11 is 1.78. The molecule has 1 aromatic rings. The Morgan fingerprint density at radius 2 is 1.74 bits per heavy atom. The fourth-order valence-electron chi connectivity index (χ4n) is 1.89. The summed E-state index contributed by atoms with van der Waals surface area (Å²) in [6, 6.07) is 6.58. The van der Waals surface area contributed by atoms with Crippen molar-refractivity contribution in [3.05, 3.63) is 34.9 Å². The molecule has 0 fully saturated rings. The van der Waals surface area contributed by atoms with Crippen LogP contribution >= 0.6 is 11.8 Å². The van der Waals surface area contributed by atoms with Crippen molar-refractivity contribution >= 4 is 17.7 Å². The van der Waals surface area contributed by atoms with Crippen molar-refractivity contribution in [3.8, 4) is 0 Å². The van der Waals surface area contributed by atoms with E-state index in [1.807, 2.05) is 20.8 Å². The van der Waals surface area contributed by atoms with Gasteiger partial charge in [0.2, 0.25) is 0 Å². The van der Waals surface area contributed by atoms with Crippen molar-refractivity contribution in [3.63, 3.8) is 0 Å². The lowest BCUT2D eigenvalue weighted by Gasteiger charge is -2.19. The number of rotatable bonds is 5. The van der Waals surface area contributed by atoms with Crippen molar-refractivity contribution < 1.29 is 9.53 Å². The Morgan fingerprint density at radius 3 is 2.26 bits per heavy atom. The molecule has 0 saturated carbocycles. The van der Waals surface area contributed by atoms with Crippen LogP contribution in [0.25, 0.3) is 0 Å². The zero-order valence-corrected chi connectivity index (χ0v) is 13.4. The topological polar surface area (TPSA) is 26.3 Å². The fraction of sp³-hybridized carbons (Fsp3) is 0.562. The largest absolute Gasteiger partial charge is 0.460 e. The molecule has 2 nitrogen and oxygen atoms in total. The van der Waals surface area contributed by atoms with Gasteiger partial charge in [-0.2, -0.15) is 11.8 Å². The van der Waals surface area contributed by atoms with Gasteiger partial charge in [-0.1, -0.05) is 29.3 Å². The quantitative estimate of drug-likeness (QED) is 0.595. The summed E-state index contributed by atoms with van der Waals surface area (Å²) in [4.78, 5) is 11.5. The van der Waals surface area contributed by atoms with Gasteiger partial charge >= 0.3 is 5.97 Å². The summed E-state index contributed by atoms with van der Waals surface area (Å²) in [5.41, 5.74) is 3.53. The van der Waals surface area contributed by atoms with E-state index in [1.54, 1.807) is 11.8 Å². The van der Waals surface area contributed by atoms with Crippen LogP contribution in [0.15, 0.2) is 18.2 Å². The van der Waals surface area contributed by atoms with Crippen LogP contribution in [-0.4, -0.2) is 17.3 Å². The average molecular weight is 280 g/mol. The number of thioether (sulfide) groups is 1. The van der Waals surface area contributed by atoms with Crippen LogP contribution in [-0.2, 0) is 15.3 Å². The summed E-state index contributed by atoms with van der Waals surface area (Å²) in [5.74, 6) is 1.65. The predicted molar refractivity (Wildman–Crippen MR) is 82.5 cm³/mol. The highest BCUT2D eigenvalue weighted by molar-refractivity contribution is 7.98. The number of aryl methyl sites for hydroxylation is 2. The molecule has 0 N–H and O–H groups in total. The number of ether oxygens (including phenoxy) is 1. The third-order valence-corrected chi connectivity index (χ3v) is 3.45. The molecule has 0 amide bonds. The minimum Gasteiger partial charge on any atom is -0.460 e. The maximum Gasteiger partial charge on any atom is 0.307 e. The molecule has 0 saturated heterocycles. The van der Waals surface area contributed by atoms with E-state index in [1.165, 1.54) is 16.7 Å². The summed E-state index contributed by atoms with van der Waals surface area (Å²) in [5, 5.41) is 0. The van der Waals surface area contributed by atoms with Gasteiger partial charge in [-0.25, -0.2) is 0 Å². The van der Waals surface area contributed by atoms with E-state index in [4.69, 9.17) is 4.74 Å². The van der Waals surface area contributed by atoms with Crippen molar-refractivity contribution in [2.24, 2.45) is 0 Å². The summed E-state index contributed by atoms with van der Waals surface area (Å²) in [6.45, 7) is 9.92. The molecule has 0 atom stereocenters. The third-order valence-electron chi connectivity index (χ3n) is 2.42. The lowest BCUT2D eigenvalue weighted by Crippen LogP contribution is -2.24. The molecule has 0 aliphatic heterocycles. The van der Waals surface area contributed by atoms with Crippen LogP contribution in [0.5, 0.6) is 0 Å². The minimum absolute atomic E-state index is 0.111. The Labute approximate surface area is 120 Å². The Hall–Kier alpha value is -0.960. The molecule has 0 heterocycles. The molecule has 1 rings (SSSR count). The Morgan fingerprint density at radius 1 is 1.16 bits per heavy atom. The Balaban J connectivity index is 2.29. The first kappa shape index (κ1) is 16.1. The maximum atomic E-state index is 11.5. The Bertz CT molecular complexity index is 413. The standard InChI is InChI=1S/C16H24O2S/c1-12-8-13(2)10-14(9-12)11-19-7-6-15(17)18-16(3,4)5/h8-10H,6-7,11H2,1-5H3. The van der Waals surface area contributed by atoms with Crippen LogP contribution in [0.4, 0.5) is 0 Å². The predicted octanol–water partition coefficient (Wildman–Crippen LogP) is 4.27. The van der Waals surface area contributed by atoms with Gasteiger partial charge in [-0.05, 0) is 40.2 Å². The van der Waals surface area contributed by atoms with Crippen molar-refractivity contribution in [2.75, 3.05) is 5.75 Å². The second-order valence-electron chi connectivity index (χ2n) is 5.88. The van der Waals surface area contributed by atoms with Gasteiger partial charge in [0.05, 0.1) is 6.42 Å². The molecule has 3 heteroatoms. The summed E-state index contributed by atoms with van der Waals surface area (Å²) in [7, 11) is 0. The molecular formula is C16H24O2S. The number of benzene rings is 1. The van der Waals surface area contributed by atoms with E-state index in [2.05, 4.69) is 32.0 Å². The second-order valence-corrected chi connectivity index (χ2v) is 6.99. The van der Waals surface area contributed by atoms with E-state index >= 15 is 0 Å². The Kier molecular flexibility index (Phi) is 5.92. The van der Waals surface area contributed by atoms with E-state index in [9.17, 15) is 4.79 Å². The van der Waals surface area contributed by atoms with Crippen molar-refractivity contribution in [1.82, 2.24) is 0 Å². The van der Waals surface area contributed by atoms with Gasteiger partial charge in [0.15, 0.2) is 0 Å². The van der Waals surface area contributed by atoms with Crippen LogP contribution in [0.2, 0.25) is 0 Å². The van der Waals surface area contributed by atoms with Crippen molar-refractivity contribution in [2.45, 2.75) is 52.4 Å². The maximum absolute atomic E-state index is 11.5. The molecule has 1 aromatic carbocycles. The number of esters is 1. The molecule has 0 aliphatic carbocycles. The van der Waals surface area contributed by atoms with Crippen LogP contribution in [0, 0.1) is 13.8 Å². The highest BCUT2D eigenvalue weighted by Gasteiger charge is 2.15. The zero-order valence-electron chi connectivity index (χ0n) is 12.6. The van der Waals surface area contributed by atoms with Crippen LogP contribution in [0.3, 0.4) is 0 Å². The lowest BCUT2D eigenvalue weighted by molar-refractivity contribution is -0.154. The number of hydrogen-bond acceptors (Lipinski definition) is 3. The molecular weight excluding hydrogens is 256 g/mol. The molecule has 0 bridgehead atoms. The average Bonchev–Trinajstić information content (AvgIpc) is 2.20. The van der Waals surface area contributed by atoms with Gasteiger partial charge in [-0.15, -0.1) is 0 Å². The van der Waals surface area contributed by atoms with Crippen LogP contribution in [0.1, 0.15) is 43.9 Å². The van der Waals surface area contributed by atoms with Crippen LogP contribution < -0.4 is 0 Å². The highest BCUT2D eigenvalue weighted by Crippen LogP contribution is 2.17. The fourth-order valence-corrected chi connectivity index (χ4v) is 2.75. The first-order valence-electron chi connectivity index (χ1n) is 6.63. The monoisotopic (exact) mass is 280 g/mol. The zero-order chi connectivity index (χ0) is 14.5. The molecule has 0 unspecified atom stereocenters. The van der Waals surface area contributed by atoms with Gasteiger partial charge < -0.3 is 4.74 Å². The smallest absolute Gasteiger partial charge is 0.307 e. The normalized spacial score (nSPS) is 11.4. The minimum atomic E-state index is -0.380.